The highest BCUT2D eigenvalue weighted by atomic mass is 16.8. The molecule has 4 aliphatic rings. The summed E-state index contributed by atoms with van der Waals surface area (Å²) >= 11 is 0. The third-order valence-corrected chi connectivity index (χ3v) is 8.63. The summed E-state index contributed by atoms with van der Waals surface area (Å²) in [5.74, 6) is -1.45. The van der Waals surface area contributed by atoms with E-state index in [2.05, 4.69) is 0 Å². The zero-order valence-corrected chi connectivity index (χ0v) is 28.4. The zero-order chi connectivity index (χ0) is 34.1. The van der Waals surface area contributed by atoms with Gasteiger partial charge in [0.15, 0.2) is 18.4 Å². The minimum atomic E-state index is -1.16. The van der Waals surface area contributed by atoms with Gasteiger partial charge in [0.05, 0.1) is 25.9 Å². The first-order valence-corrected chi connectivity index (χ1v) is 16.6. The molecule has 264 valence electrons. The van der Waals surface area contributed by atoms with Gasteiger partial charge < -0.3 is 52.5 Å². The van der Waals surface area contributed by atoms with Crippen molar-refractivity contribution in [2.45, 2.75) is 127 Å². The molecule has 1 unspecified atom stereocenters. The van der Waals surface area contributed by atoms with Crippen LogP contribution in [0.3, 0.4) is 0 Å². The number of aliphatic hydroxyl groups is 1. The molecule has 0 aliphatic carbocycles. The van der Waals surface area contributed by atoms with Crippen molar-refractivity contribution in [1.29, 1.82) is 0 Å². The van der Waals surface area contributed by atoms with Gasteiger partial charge in [-0.1, -0.05) is 60.7 Å². The van der Waals surface area contributed by atoms with Crippen LogP contribution in [0.25, 0.3) is 0 Å². The predicted octanol–water partition coefficient (Wildman–Crippen LogP) is 3.82. The summed E-state index contributed by atoms with van der Waals surface area (Å²) in [6.45, 7) is 11.0. The normalized spacial score (nSPS) is 36.2. The lowest BCUT2D eigenvalue weighted by Crippen LogP contribution is -2.64. The van der Waals surface area contributed by atoms with Crippen molar-refractivity contribution in [3.63, 3.8) is 0 Å². The van der Waals surface area contributed by atoms with Gasteiger partial charge >= 0.3 is 5.97 Å². The number of ether oxygens (including phenoxy) is 10. The van der Waals surface area contributed by atoms with E-state index >= 15 is 0 Å². The SMILES string of the molecule is C[C@@H]1O[C@@H](O)[C@@H]2OC(C)(C)O[C@@H]2[C@H]1OC[C@@H]1O[C@@H]2COC(c3ccccc3)O[C@H]2[C@H](OCc2ccccc2)[C@@H]1OCC(=O)OC(C)(C)C. The lowest BCUT2D eigenvalue weighted by atomic mass is 9.93. The molecule has 11 atom stereocenters. The van der Waals surface area contributed by atoms with Gasteiger partial charge in [-0.25, -0.2) is 4.79 Å². The molecule has 0 bridgehead atoms. The molecule has 0 amide bonds. The van der Waals surface area contributed by atoms with Gasteiger partial charge in [0.2, 0.25) is 0 Å². The van der Waals surface area contributed by atoms with E-state index in [1.165, 1.54) is 0 Å². The molecule has 0 saturated carbocycles. The molecule has 0 spiro atoms. The number of hydrogen-bond acceptors (Lipinski definition) is 12. The summed E-state index contributed by atoms with van der Waals surface area (Å²) in [5, 5.41) is 10.6. The first kappa shape index (κ1) is 35.3. The summed E-state index contributed by atoms with van der Waals surface area (Å²) in [4.78, 5) is 12.9. The Morgan fingerprint density at radius 3 is 2.25 bits per heavy atom. The molecule has 48 heavy (non-hydrogen) atoms. The molecule has 6 rings (SSSR count). The number of fused-ring (bicyclic) bond motifs is 2. The lowest BCUT2D eigenvalue weighted by Gasteiger charge is -2.49. The maximum absolute atomic E-state index is 12.9. The van der Waals surface area contributed by atoms with Crippen LogP contribution in [0.2, 0.25) is 0 Å². The van der Waals surface area contributed by atoms with Crippen LogP contribution >= 0.6 is 0 Å². The van der Waals surface area contributed by atoms with Gasteiger partial charge in [-0.2, -0.15) is 0 Å². The monoisotopic (exact) mass is 672 g/mol. The Labute approximate surface area is 281 Å². The molecule has 12 nitrogen and oxygen atoms in total. The second-order valence-corrected chi connectivity index (χ2v) is 14.1. The van der Waals surface area contributed by atoms with E-state index in [1.807, 2.05) is 67.6 Å². The van der Waals surface area contributed by atoms with Crippen molar-refractivity contribution in [2.24, 2.45) is 0 Å². The maximum atomic E-state index is 12.9. The second-order valence-electron chi connectivity index (χ2n) is 14.1. The van der Waals surface area contributed by atoms with Crippen LogP contribution in [0, 0.1) is 0 Å². The zero-order valence-electron chi connectivity index (χ0n) is 28.4. The van der Waals surface area contributed by atoms with Crippen LogP contribution in [0.4, 0.5) is 0 Å². The standard InChI is InChI=1S/C36H48O12/c1-21-27(31-32(33(38)43-21)48-36(5,6)47-31)40-18-24-28(41-20-26(37)46-35(2,3)4)30(39-17-22-13-9-7-10-14-22)29-25(44-24)19-42-34(45-29)23-15-11-8-12-16-23/h7-16,21,24-25,27-34,38H,17-20H2,1-6H3/t21-,24-,25+,27-,28+,29+,30+,31+,32+,33+,34?/m0/s1. The molecule has 2 aromatic carbocycles. The van der Waals surface area contributed by atoms with E-state index < -0.39 is 84.9 Å². The average Bonchev–Trinajstić information content (AvgIpc) is 3.38. The van der Waals surface area contributed by atoms with Gasteiger partial charge in [0, 0.05) is 5.56 Å². The quantitative estimate of drug-likeness (QED) is 0.369. The van der Waals surface area contributed by atoms with Crippen molar-refractivity contribution in [3.8, 4) is 0 Å². The summed E-state index contributed by atoms with van der Waals surface area (Å²) in [6, 6.07) is 19.5. The van der Waals surface area contributed by atoms with Gasteiger partial charge in [-0.15, -0.1) is 0 Å². The molecule has 0 radical (unpaired) electrons. The molecule has 0 aromatic heterocycles. The Hall–Kier alpha value is -2.49. The summed E-state index contributed by atoms with van der Waals surface area (Å²) in [7, 11) is 0. The Bertz CT molecular complexity index is 1330. The molecule has 4 heterocycles. The fourth-order valence-corrected chi connectivity index (χ4v) is 6.64. The van der Waals surface area contributed by atoms with E-state index in [4.69, 9.17) is 47.4 Å². The molecule has 4 saturated heterocycles. The van der Waals surface area contributed by atoms with E-state index in [-0.39, 0.29) is 26.4 Å². The van der Waals surface area contributed by atoms with E-state index in [1.54, 1.807) is 34.6 Å². The van der Waals surface area contributed by atoms with E-state index in [9.17, 15) is 9.90 Å². The number of esters is 1. The van der Waals surface area contributed by atoms with Crippen LogP contribution in [-0.4, -0.2) is 104 Å². The second kappa shape index (κ2) is 14.8. The average molecular weight is 673 g/mol. The van der Waals surface area contributed by atoms with Crippen molar-refractivity contribution < 1.29 is 57.3 Å². The summed E-state index contributed by atoms with van der Waals surface area (Å²) < 4.78 is 62.2. The van der Waals surface area contributed by atoms with E-state index in [0.717, 1.165) is 11.1 Å². The molecule has 12 heteroatoms. The smallest absolute Gasteiger partial charge is 0.332 e. The number of carbonyl (C=O) groups excluding carboxylic acids is 1. The van der Waals surface area contributed by atoms with E-state index in [0.29, 0.717) is 0 Å². The Morgan fingerprint density at radius 2 is 1.54 bits per heavy atom. The van der Waals surface area contributed by atoms with Gasteiger partial charge in [0.25, 0.3) is 0 Å². The minimum Gasteiger partial charge on any atom is -0.458 e. The van der Waals surface area contributed by atoms with Crippen molar-refractivity contribution in [1.82, 2.24) is 0 Å². The molecular weight excluding hydrogens is 624 g/mol. The number of rotatable bonds is 10. The highest BCUT2D eigenvalue weighted by Gasteiger charge is 2.56. The molecule has 2 aromatic rings. The van der Waals surface area contributed by atoms with Crippen molar-refractivity contribution in [3.05, 3.63) is 71.8 Å². The molecule has 1 N–H and O–H groups in total. The highest BCUT2D eigenvalue weighted by molar-refractivity contribution is 5.71. The fraction of sp³-hybridized carbons (Fsp3) is 0.639. The number of benzene rings is 2. The van der Waals surface area contributed by atoms with Crippen LogP contribution in [-0.2, 0) is 58.8 Å². The fourth-order valence-electron chi connectivity index (χ4n) is 6.64. The van der Waals surface area contributed by atoms with Gasteiger partial charge in [-0.3, -0.25) is 0 Å². The van der Waals surface area contributed by atoms with Crippen LogP contribution in [0.15, 0.2) is 60.7 Å². The molecule has 4 fully saturated rings. The van der Waals surface area contributed by atoms with Crippen LogP contribution < -0.4 is 0 Å². The third-order valence-electron chi connectivity index (χ3n) is 8.63. The molecule has 4 aliphatic heterocycles. The molecular formula is C36H48O12. The summed E-state index contributed by atoms with van der Waals surface area (Å²) in [6.07, 6.45) is -7.59. The Morgan fingerprint density at radius 1 is 0.854 bits per heavy atom. The first-order chi connectivity index (χ1) is 22.9. The Kier molecular flexibility index (Phi) is 10.9. The van der Waals surface area contributed by atoms with Crippen molar-refractivity contribution >= 4 is 5.97 Å². The topological polar surface area (TPSA) is 130 Å². The lowest BCUT2D eigenvalue weighted by molar-refractivity contribution is -0.344. The van der Waals surface area contributed by atoms with Gasteiger partial charge in [-0.05, 0) is 47.1 Å². The first-order valence-electron chi connectivity index (χ1n) is 16.6. The number of carbonyl (C=O) groups is 1. The van der Waals surface area contributed by atoms with Crippen molar-refractivity contribution in [2.75, 3.05) is 19.8 Å². The third kappa shape index (κ3) is 8.44. The highest BCUT2D eigenvalue weighted by Crippen LogP contribution is 2.40. The number of hydrogen-bond donors (Lipinski definition) is 1. The number of aliphatic hydroxyl groups excluding tert-OH is 1. The Balaban J connectivity index is 1.26. The minimum absolute atomic E-state index is 0.0248. The van der Waals surface area contributed by atoms with Crippen LogP contribution in [0.1, 0.15) is 59.0 Å². The van der Waals surface area contributed by atoms with Crippen LogP contribution in [0.5, 0.6) is 0 Å². The largest absolute Gasteiger partial charge is 0.458 e. The predicted molar refractivity (Wildman–Crippen MR) is 169 cm³/mol. The maximum Gasteiger partial charge on any atom is 0.332 e. The summed E-state index contributed by atoms with van der Waals surface area (Å²) in [5.41, 5.74) is 1.13. The van der Waals surface area contributed by atoms with Gasteiger partial charge in [0.1, 0.15) is 61.0 Å².